The number of nitrogen functional groups attached to an aromatic ring is 1. The molecule has 98 valence electrons. The Bertz CT molecular complexity index is 435. The Balaban J connectivity index is 1.88. The van der Waals surface area contributed by atoms with Crippen molar-refractivity contribution in [2.75, 3.05) is 37.7 Å². The lowest BCUT2D eigenvalue weighted by Gasteiger charge is -2.27. The number of hydrogen-bond acceptors (Lipinski definition) is 4. The van der Waals surface area contributed by atoms with Gasteiger partial charge in [0.25, 0.3) is 0 Å². The highest BCUT2D eigenvalue weighted by atomic mass is 32.2. The van der Waals surface area contributed by atoms with Gasteiger partial charge in [-0.05, 0) is 18.2 Å². The predicted octanol–water partition coefficient (Wildman–Crippen LogP) is 0.932. The van der Waals surface area contributed by atoms with Crippen LogP contribution in [0.2, 0.25) is 0 Å². The standard InChI is InChI=1S/C12H16FN3OS/c13-10-7-9(14)1-2-11(10)18-8-12(17)16-5-3-15-4-6-16/h1-2,7,15H,3-6,8,14H2. The van der Waals surface area contributed by atoms with Crippen molar-refractivity contribution in [1.82, 2.24) is 10.2 Å². The molecule has 1 aromatic carbocycles. The van der Waals surface area contributed by atoms with Gasteiger partial charge in [0.2, 0.25) is 5.91 Å². The molecule has 4 nitrogen and oxygen atoms in total. The second kappa shape index (κ2) is 6.06. The smallest absolute Gasteiger partial charge is 0.233 e. The highest BCUT2D eigenvalue weighted by molar-refractivity contribution is 8.00. The number of nitrogens with zero attached hydrogens (tertiary/aromatic N) is 1. The van der Waals surface area contributed by atoms with Crippen LogP contribution >= 0.6 is 11.8 Å². The summed E-state index contributed by atoms with van der Waals surface area (Å²) < 4.78 is 13.5. The van der Waals surface area contributed by atoms with Gasteiger partial charge in [-0.25, -0.2) is 4.39 Å². The van der Waals surface area contributed by atoms with Crippen molar-refractivity contribution in [3.05, 3.63) is 24.0 Å². The minimum absolute atomic E-state index is 0.0534. The topological polar surface area (TPSA) is 58.4 Å². The Labute approximate surface area is 110 Å². The molecule has 1 fully saturated rings. The van der Waals surface area contributed by atoms with Gasteiger partial charge < -0.3 is 16.0 Å². The fraction of sp³-hybridized carbons (Fsp3) is 0.417. The Kier molecular flexibility index (Phi) is 4.43. The first kappa shape index (κ1) is 13.2. The van der Waals surface area contributed by atoms with E-state index in [1.165, 1.54) is 17.8 Å². The Morgan fingerprint density at radius 3 is 2.83 bits per heavy atom. The van der Waals surface area contributed by atoms with Gasteiger partial charge in [-0.15, -0.1) is 11.8 Å². The maximum absolute atomic E-state index is 13.5. The summed E-state index contributed by atoms with van der Waals surface area (Å²) >= 11 is 1.22. The third kappa shape index (κ3) is 3.36. The largest absolute Gasteiger partial charge is 0.399 e. The van der Waals surface area contributed by atoms with E-state index >= 15 is 0 Å². The maximum Gasteiger partial charge on any atom is 0.233 e. The quantitative estimate of drug-likeness (QED) is 0.633. The number of anilines is 1. The number of rotatable bonds is 3. The molecule has 0 spiro atoms. The van der Waals surface area contributed by atoms with Crippen LogP contribution in [0.5, 0.6) is 0 Å². The molecular formula is C12H16FN3OS. The van der Waals surface area contributed by atoms with E-state index in [2.05, 4.69) is 5.32 Å². The number of benzene rings is 1. The van der Waals surface area contributed by atoms with Crippen molar-refractivity contribution in [3.8, 4) is 0 Å². The molecule has 1 amide bonds. The first-order valence-electron chi connectivity index (χ1n) is 5.83. The molecule has 0 aromatic heterocycles. The number of nitrogens with two attached hydrogens (primary N) is 1. The second-order valence-electron chi connectivity index (χ2n) is 4.11. The van der Waals surface area contributed by atoms with Crippen molar-refractivity contribution in [3.63, 3.8) is 0 Å². The summed E-state index contributed by atoms with van der Waals surface area (Å²) in [7, 11) is 0. The van der Waals surface area contributed by atoms with Gasteiger partial charge in [0.15, 0.2) is 0 Å². The van der Waals surface area contributed by atoms with Crippen LogP contribution in [-0.4, -0.2) is 42.7 Å². The van der Waals surface area contributed by atoms with Gasteiger partial charge >= 0.3 is 0 Å². The van der Waals surface area contributed by atoms with Crippen LogP contribution in [0.4, 0.5) is 10.1 Å². The van der Waals surface area contributed by atoms with Gasteiger partial charge in [0, 0.05) is 36.8 Å². The lowest BCUT2D eigenvalue weighted by atomic mass is 10.3. The molecular weight excluding hydrogens is 253 g/mol. The third-order valence-corrected chi connectivity index (χ3v) is 3.81. The van der Waals surface area contributed by atoms with Crippen LogP contribution < -0.4 is 11.1 Å². The average Bonchev–Trinajstić information content (AvgIpc) is 2.38. The highest BCUT2D eigenvalue weighted by Gasteiger charge is 2.16. The zero-order valence-corrected chi connectivity index (χ0v) is 10.8. The summed E-state index contributed by atoms with van der Waals surface area (Å²) in [5, 5.41) is 3.18. The number of piperazine rings is 1. The van der Waals surface area contributed by atoms with Crippen LogP contribution in [0.3, 0.4) is 0 Å². The zero-order valence-electron chi connectivity index (χ0n) is 9.99. The molecule has 1 aromatic rings. The molecule has 1 heterocycles. The van der Waals surface area contributed by atoms with E-state index in [1.54, 1.807) is 17.0 Å². The van der Waals surface area contributed by atoms with Crippen LogP contribution in [0, 0.1) is 5.82 Å². The molecule has 18 heavy (non-hydrogen) atoms. The molecule has 0 radical (unpaired) electrons. The second-order valence-corrected chi connectivity index (χ2v) is 5.13. The summed E-state index contributed by atoms with van der Waals surface area (Å²) in [6.07, 6.45) is 0. The van der Waals surface area contributed by atoms with Gasteiger partial charge in [-0.3, -0.25) is 4.79 Å². The van der Waals surface area contributed by atoms with Crippen molar-refractivity contribution in [2.24, 2.45) is 0 Å². The molecule has 1 aliphatic rings. The van der Waals surface area contributed by atoms with Gasteiger partial charge in [-0.1, -0.05) is 0 Å². The Morgan fingerprint density at radius 2 is 2.17 bits per heavy atom. The zero-order chi connectivity index (χ0) is 13.0. The number of thioether (sulfide) groups is 1. The number of amides is 1. The summed E-state index contributed by atoms with van der Waals surface area (Å²) in [5.41, 5.74) is 5.86. The van der Waals surface area contributed by atoms with Gasteiger partial charge in [-0.2, -0.15) is 0 Å². The first-order chi connectivity index (χ1) is 8.66. The minimum Gasteiger partial charge on any atom is -0.399 e. The minimum atomic E-state index is -0.367. The molecule has 1 saturated heterocycles. The van der Waals surface area contributed by atoms with Crippen molar-refractivity contribution < 1.29 is 9.18 Å². The molecule has 6 heteroatoms. The first-order valence-corrected chi connectivity index (χ1v) is 6.81. The summed E-state index contributed by atoms with van der Waals surface area (Å²) in [5.74, 6) is -0.0493. The Hall–Kier alpha value is -1.27. The van der Waals surface area contributed by atoms with Gasteiger partial charge in [0.1, 0.15) is 5.82 Å². The Morgan fingerprint density at radius 1 is 1.44 bits per heavy atom. The van der Waals surface area contributed by atoms with E-state index < -0.39 is 0 Å². The number of carbonyl (C=O) groups is 1. The fourth-order valence-corrected chi connectivity index (χ4v) is 2.60. The van der Waals surface area contributed by atoms with E-state index in [-0.39, 0.29) is 17.5 Å². The average molecular weight is 269 g/mol. The van der Waals surface area contributed by atoms with Crippen molar-refractivity contribution in [1.29, 1.82) is 0 Å². The number of nitrogens with one attached hydrogen (secondary N) is 1. The molecule has 0 aliphatic carbocycles. The number of carbonyl (C=O) groups excluding carboxylic acids is 1. The molecule has 0 bridgehead atoms. The van der Waals surface area contributed by atoms with Crippen molar-refractivity contribution in [2.45, 2.75) is 4.90 Å². The van der Waals surface area contributed by atoms with Crippen molar-refractivity contribution >= 4 is 23.4 Å². The molecule has 3 N–H and O–H groups in total. The summed E-state index contributed by atoms with van der Waals surface area (Å²) in [6, 6.07) is 4.53. The van der Waals surface area contributed by atoms with Crippen LogP contribution in [0.25, 0.3) is 0 Å². The van der Waals surface area contributed by atoms with Crippen LogP contribution in [0.1, 0.15) is 0 Å². The predicted molar refractivity (Wildman–Crippen MR) is 71.0 cm³/mol. The number of hydrogen-bond donors (Lipinski definition) is 2. The molecule has 0 atom stereocenters. The molecule has 2 rings (SSSR count). The lowest BCUT2D eigenvalue weighted by Crippen LogP contribution is -2.47. The summed E-state index contributed by atoms with van der Waals surface area (Å²) in [4.78, 5) is 14.1. The highest BCUT2D eigenvalue weighted by Crippen LogP contribution is 2.23. The van der Waals surface area contributed by atoms with E-state index in [0.717, 1.165) is 26.2 Å². The normalized spacial score (nSPS) is 15.7. The van der Waals surface area contributed by atoms with E-state index in [4.69, 9.17) is 5.73 Å². The van der Waals surface area contributed by atoms with E-state index in [9.17, 15) is 9.18 Å². The number of halogens is 1. The SMILES string of the molecule is Nc1ccc(SCC(=O)N2CCNCC2)c(F)c1. The monoisotopic (exact) mass is 269 g/mol. The molecule has 1 aliphatic heterocycles. The lowest BCUT2D eigenvalue weighted by molar-refractivity contribution is -0.128. The van der Waals surface area contributed by atoms with E-state index in [1.807, 2.05) is 0 Å². The fourth-order valence-electron chi connectivity index (χ4n) is 1.78. The van der Waals surface area contributed by atoms with E-state index in [0.29, 0.717) is 10.6 Å². The van der Waals surface area contributed by atoms with Crippen LogP contribution in [0.15, 0.2) is 23.1 Å². The van der Waals surface area contributed by atoms with Gasteiger partial charge in [0.05, 0.1) is 5.75 Å². The molecule has 0 unspecified atom stereocenters. The summed E-state index contributed by atoms with van der Waals surface area (Å²) in [6.45, 7) is 3.10. The third-order valence-electron chi connectivity index (χ3n) is 2.78. The molecule has 0 saturated carbocycles. The van der Waals surface area contributed by atoms with Crippen LogP contribution in [-0.2, 0) is 4.79 Å². The maximum atomic E-state index is 13.5.